The van der Waals surface area contributed by atoms with Gasteiger partial charge in [-0.2, -0.15) is 0 Å². The summed E-state index contributed by atoms with van der Waals surface area (Å²) in [6.45, 7) is 6.86. The van der Waals surface area contributed by atoms with Crippen LogP contribution in [0.15, 0.2) is 12.7 Å². The number of amides is 2. The molecule has 0 bridgehead atoms. The van der Waals surface area contributed by atoms with Crippen LogP contribution in [0.2, 0.25) is 0 Å². The van der Waals surface area contributed by atoms with Gasteiger partial charge in [0.15, 0.2) is 0 Å². The van der Waals surface area contributed by atoms with Crippen LogP contribution in [0.5, 0.6) is 0 Å². The fourth-order valence-electron chi connectivity index (χ4n) is 1.24. The molecule has 0 aromatic rings. The minimum atomic E-state index is -1.02. The third-order valence-corrected chi connectivity index (χ3v) is 2.29. The maximum atomic E-state index is 11.7. The largest absolute Gasteiger partial charge is 0.481 e. The highest BCUT2D eigenvalue weighted by molar-refractivity contribution is 5.94. The Bertz CT molecular complexity index is 337. The average molecular weight is 256 g/mol. The van der Waals surface area contributed by atoms with Crippen LogP contribution < -0.4 is 10.6 Å². The van der Waals surface area contributed by atoms with Crippen LogP contribution in [-0.2, 0) is 14.4 Å². The van der Waals surface area contributed by atoms with Crippen LogP contribution in [0.4, 0.5) is 0 Å². The molecule has 6 heteroatoms. The molecule has 0 aliphatic rings. The van der Waals surface area contributed by atoms with Gasteiger partial charge >= 0.3 is 5.97 Å². The zero-order chi connectivity index (χ0) is 14.2. The molecular weight excluding hydrogens is 236 g/mol. The Hall–Kier alpha value is -1.85. The highest BCUT2D eigenvalue weighted by Crippen LogP contribution is 2.02. The second-order valence-electron chi connectivity index (χ2n) is 4.43. The fraction of sp³-hybridized carbons (Fsp3) is 0.583. The van der Waals surface area contributed by atoms with Gasteiger partial charge in [0.2, 0.25) is 11.8 Å². The average Bonchev–Trinajstić information content (AvgIpc) is 2.27. The standard InChI is InChI=1S/C12H20N2O4/c1-4-9(15)14-12(2,3)11(18)13-8-6-5-7-10(16)17/h4H,1,5-8H2,2-3H3,(H,13,18)(H,14,15)(H,16,17). The van der Waals surface area contributed by atoms with Crippen LogP contribution in [0.1, 0.15) is 33.1 Å². The van der Waals surface area contributed by atoms with Gasteiger partial charge in [-0.25, -0.2) is 0 Å². The smallest absolute Gasteiger partial charge is 0.303 e. The van der Waals surface area contributed by atoms with Crippen molar-refractivity contribution in [3.8, 4) is 0 Å². The van der Waals surface area contributed by atoms with Crippen molar-refractivity contribution in [3.05, 3.63) is 12.7 Å². The van der Waals surface area contributed by atoms with Gasteiger partial charge in [-0.1, -0.05) is 6.58 Å². The lowest BCUT2D eigenvalue weighted by atomic mass is 10.0. The first-order valence-corrected chi connectivity index (χ1v) is 5.74. The van der Waals surface area contributed by atoms with Crippen molar-refractivity contribution in [2.45, 2.75) is 38.6 Å². The number of nitrogens with one attached hydrogen (secondary N) is 2. The van der Waals surface area contributed by atoms with Gasteiger partial charge in [-0.05, 0) is 32.8 Å². The summed E-state index contributed by atoms with van der Waals surface area (Å²) >= 11 is 0. The number of hydrogen-bond donors (Lipinski definition) is 3. The molecule has 0 rings (SSSR count). The van der Waals surface area contributed by atoms with E-state index >= 15 is 0 Å². The van der Waals surface area contributed by atoms with Crippen LogP contribution in [0.3, 0.4) is 0 Å². The molecule has 0 radical (unpaired) electrons. The SMILES string of the molecule is C=CC(=O)NC(C)(C)C(=O)NCCCCC(=O)O. The topological polar surface area (TPSA) is 95.5 Å². The Kier molecular flexibility index (Phi) is 6.70. The molecule has 0 aliphatic carbocycles. The maximum absolute atomic E-state index is 11.7. The summed E-state index contributed by atoms with van der Waals surface area (Å²) in [5.74, 6) is -1.58. The summed E-state index contributed by atoms with van der Waals surface area (Å²) in [6.07, 6.45) is 2.28. The molecule has 0 aliphatic heterocycles. The molecule has 0 unspecified atom stereocenters. The molecule has 0 heterocycles. The third kappa shape index (κ3) is 6.67. The van der Waals surface area contributed by atoms with E-state index in [1.54, 1.807) is 13.8 Å². The fourth-order valence-corrected chi connectivity index (χ4v) is 1.24. The summed E-state index contributed by atoms with van der Waals surface area (Å²) in [5, 5.41) is 13.6. The lowest BCUT2D eigenvalue weighted by Crippen LogP contribution is -2.54. The number of unbranched alkanes of at least 4 members (excludes halogenated alkanes) is 1. The zero-order valence-corrected chi connectivity index (χ0v) is 10.8. The molecule has 0 fully saturated rings. The molecule has 0 saturated heterocycles. The Morgan fingerprint density at radius 2 is 1.89 bits per heavy atom. The number of carboxylic acids is 1. The normalized spacial score (nSPS) is 10.6. The molecule has 6 nitrogen and oxygen atoms in total. The number of hydrogen-bond acceptors (Lipinski definition) is 3. The Labute approximate surface area is 106 Å². The van der Waals surface area contributed by atoms with E-state index in [1.807, 2.05) is 0 Å². The predicted octanol–water partition coefficient (Wildman–Crippen LogP) is 0.438. The van der Waals surface area contributed by atoms with Crippen LogP contribution >= 0.6 is 0 Å². The first-order chi connectivity index (χ1) is 8.29. The molecule has 2 amide bonds. The maximum Gasteiger partial charge on any atom is 0.303 e. The molecule has 0 aromatic carbocycles. The van der Waals surface area contributed by atoms with E-state index < -0.39 is 17.4 Å². The van der Waals surface area contributed by atoms with Gasteiger partial charge < -0.3 is 15.7 Å². The number of carboxylic acid groups (broad SMARTS) is 1. The first kappa shape index (κ1) is 16.1. The minimum absolute atomic E-state index is 0.0897. The number of aliphatic carboxylic acids is 1. The summed E-state index contributed by atoms with van der Waals surface area (Å²) in [6, 6.07) is 0. The van der Waals surface area contributed by atoms with E-state index in [2.05, 4.69) is 17.2 Å². The summed E-state index contributed by atoms with van der Waals surface area (Å²) in [5.41, 5.74) is -1.02. The molecule has 3 N–H and O–H groups in total. The van der Waals surface area contributed by atoms with Crippen molar-refractivity contribution in [1.29, 1.82) is 0 Å². The van der Waals surface area contributed by atoms with E-state index in [0.717, 1.165) is 6.08 Å². The number of carbonyl (C=O) groups is 3. The van der Waals surface area contributed by atoms with E-state index in [9.17, 15) is 14.4 Å². The molecular formula is C12H20N2O4. The quantitative estimate of drug-likeness (QED) is 0.433. The van der Waals surface area contributed by atoms with Crippen molar-refractivity contribution in [2.75, 3.05) is 6.54 Å². The van der Waals surface area contributed by atoms with Crippen molar-refractivity contribution < 1.29 is 19.5 Å². The molecule has 0 aromatic heterocycles. The van der Waals surface area contributed by atoms with Crippen LogP contribution in [-0.4, -0.2) is 35.0 Å². The Balaban J connectivity index is 3.96. The van der Waals surface area contributed by atoms with Crippen molar-refractivity contribution in [3.63, 3.8) is 0 Å². The number of rotatable bonds is 8. The molecule has 0 spiro atoms. The van der Waals surface area contributed by atoms with E-state index in [4.69, 9.17) is 5.11 Å². The predicted molar refractivity (Wildman–Crippen MR) is 66.9 cm³/mol. The van der Waals surface area contributed by atoms with Crippen molar-refractivity contribution in [1.82, 2.24) is 10.6 Å². The van der Waals surface area contributed by atoms with Gasteiger partial charge in [-0.3, -0.25) is 14.4 Å². The lowest BCUT2D eigenvalue weighted by molar-refractivity contribution is -0.137. The molecule has 102 valence electrons. The minimum Gasteiger partial charge on any atom is -0.481 e. The highest BCUT2D eigenvalue weighted by atomic mass is 16.4. The van der Waals surface area contributed by atoms with Crippen molar-refractivity contribution in [2.24, 2.45) is 0 Å². The van der Waals surface area contributed by atoms with Gasteiger partial charge in [0.05, 0.1) is 0 Å². The lowest BCUT2D eigenvalue weighted by Gasteiger charge is -2.24. The van der Waals surface area contributed by atoms with E-state index in [-0.39, 0.29) is 12.3 Å². The summed E-state index contributed by atoms with van der Waals surface area (Å²) in [4.78, 5) is 33.1. The Morgan fingerprint density at radius 1 is 1.28 bits per heavy atom. The summed E-state index contributed by atoms with van der Waals surface area (Å²) < 4.78 is 0. The van der Waals surface area contributed by atoms with E-state index in [1.165, 1.54) is 0 Å². The number of carbonyl (C=O) groups excluding carboxylic acids is 2. The molecule has 0 atom stereocenters. The summed E-state index contributed by atoms with van der Waals surface area (Å²) in [7, 11) is 0. The monoisotopic (exact) mass is 256 g/mol. The van der Waals surface area contributed by atoms with E-state index in [0.29, 0.717) is 19.4 Å². The molecule has 18 heavy (non-hydrogen) atoms. The second kappa shape index (κ2) is 7.47. The van der Waals surface area contributed by atoms with Gasteiger partial charge in [0.25, 0.3) is 0 Å². The second-order valence-corrected chi connectivity index (χ2v) is 4.43. The third-order valence-electron chi connectivity index (χ3n) is 2.29. The highest BCUT2D eigenvalue weighted by Gasteiger charge is 2.28. The van der Waals surface area contributed by atoms with Crippen molar-refractivity contribution >= 4 is 17.8 Å². The van der Waals surface area contributed by atoms with Gasteiger partial charge in [0, 0.05) is 13.0 Å². The van der Waals surface area contributed by atoms with Gasteiger partial charge in [0.1, 0.15) is 5.54 Å². The van der Waals surface area contributed by atoms with Crippen LogP contribution in [0, 0.1) is 0 Å². The van der Waals surface area contributed by atoms with Crippen LogP contribution in [0.25, 0.3) is 0 Å². The van der Waals surface area contributed by atoms with Gasteiger partial charge in [-0.15, -0.1) is 0 Å². The zero-order valence-electron chi connectivity index (χ0n) is 10.8. The molecule has 0 saturated carbocycles. The Morgan fingerprint density at radius 3 is 2.39 bits per heavy atom. The first-order valence-electron chi connectivity index (χ1n) is 5.74.